The quantitative estimate of drug-likeness (QED) is 0.293. The van der Waals surface area contributed by atoms with Crippen molar-refractivity contribution >= 4 is 56.0 Å². The molecule has 0 aliphatic rings. The molecule has 4 rings (SSSR count). The summed E-state index contributed by atoms with van der Waals surface area (Å²) in [6.07, 6.45) is 0. The number of halogens is 1. The van der Waals surface area contributed by atoms with Gasteiger partial charge in [-0.1, -0.05) is 40.6 Å². The molecule has 0 N–H and O–H groups in total. The number of carbonyl (C=O) groups excluding carboxylic acids is 1. The van der Waals surface area contributed by atoms with Gasteiger partial charge in [-0.3, -0.25) is 14.4 Å². The third kappa shape index (κ3) is 5.17. The highest BCUT2D eigenvalue weighted by Crippen LogP contribution is 2.33. The number of carbonyl (C=O) groups is 1. The largest absolute Gasteiger partial charge is 0.285 e. The SMILES string of the molecule is Cc1ccc(SCC(=O)N(CCn2nc(C)cc2C)c2nc3c(C)cc(Cl)cc3s2)cc1. The van der Waals surface area contributed by atoms with Gasteiger partial charge in [-0.25, -0.2) is 4.98 Å². The molecule has 2 heterocycles. The van der Waals surface area contributed by atoms with Crippen LogP contribution in [-0.2, 0) is 11.3 Å². The molecule has 0 bridgehead atoms. The first-order valence-electron chi connectivity index (χ1n) is 10.4. The summed E-state index contributed by atoms with van der Waals surface area (Å²) in [6.45, 7) is 9.17. The van der Waals surface area contributed by atoms with Crippen LogP contribution >= 0.6 is 34.7 Å². The number of thioether (sulfide) groups is 1. The molecule has 0 radical (unpaired) electrons. The molecule has 0 aliphatic heterocycles. The molecule has 8 heteroatoms. The summed E-state index contributed by atoms with van der Waals surface area (Å²) in [7, 11) is 0. The zero-order valence-corrected chi connectivity index (χ0v) is 20.9. The highest BCUT2D eigenvalue weighted by molar-refractivity contribution is 8.00. The number of amides is 1. The van der Waals surface area contributed by atoms with Crippen LogP contribution in [0.2, 0.25) is 5.02 Å². The highest BCUT2D eigenvalue weighted by atomic mass is 35.5. The average molecular weight is 485 g/mol. The molecule has 1 amide bonds. The van der Waals surface area contributed by atoms with Gasteiger partial charge in [0.25, 0.3) is 0 Å². The van der Waals surface area contributed by atoms with E-state index in [0.717, 1.165) is 32.1 Å². The van der Waals surface area contributed by atoms with Gasteiger partial charge < -0.3 is 0 Å². The summed E-state index contributed by atoms with van der Waals surface area (Å²) in [5.41, 5.74) is 5.16. The molecular formula is C24H25ClN4OS2. The van der Waals surface area contributed by atoms with E-state index in [0.29, 0.717) is 29.0 Å². The minimum absolute atomic E-state index is 0.0277. The normalized spacial score (nSPS) is 11.3. The number of benzene rings is 2. The fourth-order valence-electron chi connectivity index (χ4n) is 3.54. The van der Waals surface area contributed by atoms with Crippen LogP contribution in [0.4, 0.5) is 5.13 Å². The lowest BCUT2D eigenvalue weighted by atomic mass is 10.2. The average Bonchev–Trinajstić information content (AvgIpc) is 3.30. The second-order valence-corrected chi connectivity index (χ2v) is 10.4. The Hall–Kier alpha value is -2.35. The van der Waals surface area contributed by atoms with E-state index in [1.807, 2.05) is 43.7 Å². The molecule has 0 aliphatic carbocycles. The summed E-state index contributed by atoms with van der Waals surface area (Å²) < 4.78 is 2.93. The van der Waals surface area contributed by atoms with Crippen LogP contribution in [0.15, 0.2) is 47.4 Å². The van der Waals surface area contributed by atoms with Gasteiger partial charge in [0.1, 0.15) is 0 Å². The maximum Gasteiger partial charge on any atom is 0.239 e. The van der Waals surface area contributed by atoms with Crippen LogP contribution in [0.5, 0.6) is 0 Å². The Labute approximate surface area is 201 Å². The minimum Gasteiger partial charge on any atom is -0.285 e. The number of aryl methyl sites for hydroxylation is 4. The van der Waals surface area contributed by atoms with Crippen LogP contribution in [-0.4, -0.2) is 33.0 Å². The summed E-state index contributed by atoms with van der Waals surface area (Å²) in [4.78, 5) is 21.0. The van der Waals surface area contributed by atoms with E-state index in [1.54, 1.807) is 16.7 Å². The lowest BCUT2D eigenvalue weighted by Crippen LogP contribution is -2.35. The Morgan fingerprint density at radius 3 is 2.56 bits per heavy atom. The summed E-state index contributed by atoms with van der Waals surface area (Å²) in [6, 6.07) is 14.1. The van der Waals surface area contributed by atoms with Crippen LogP contribution in [0.25, 0.3) is 10.2 Å². The van der Waals surface area contributed by atoms with Crippen molar-refractivity contribution in [1.82, 2.24) is 14.8 Å². The van der Waals surface area contributed by atoms with E-state index in [1.165, 1.54) is 16.9 Å². The maximum absolute atomic E-state index is 13.3. The van der Waals surface area contributed by atoms with Gasteiger partial charge in [0, 0.05) is 22.2 Å². The molecule has 0 unspecified atom stereocenters. The number of nitrogens with zero attached hydrogens (tertiary/aromatic N) is 4. The first-order chi connectivity index (χ1) is 15.3. The van der Waals surface area contributed by atoms with E-state index in [4.69, 9.17) is 16.6 Å². The first-order valence-corrected chi connectivity index (χ1v) is 12.6. The second kappa shape index (κ2) is 9.65. The minimum atomic E-state index is 0.0277. The molecule has 4 aromatic rings. The van der Waals surface area contributed by atoms with Gasteiger partial charge >= 0.3 is 0 Å². The van der Waals surface area contributed by atoms with Crippen LogP contribution in [0, 0.1) is 27.7 Å². The molecule has 166 valence electrons. The zero-order valence-electron chi connectivity index (χ0n) is 18.6. The smallest absolute Gasteiger partial charge is 0.239 e. The Kier molecular flexibility index (Phi) is 6.88. The molecule has 0 atom stereocenters. The molecule has 0 saturated carbocycles. The summed E-state index contributed by atoms with van der Waals surface area (Å²) in [5.74, 6) is 0.371. The number of fused-ring (bicyclic) bond motifs is 1. The Balaban J connectivity index is 1.59. The summed E-state index contributed by atoms with van der Waals surface area (Å²) in [5, 5.41) is 5.92. The second-order valence-electron chi connectivity index (χ2n) is 7.86. The van der Waals surface area contributed by atoms with Crippen molar-refractivity contribution in [3.05, 3.63) is 70.0 Å². The van der Waals surface area contributed by atoms with Gasteiger partial charge in [-0.15, -0.1) is 11.8 Å². The molecular weight excluding hydrogens is 460 g/mol. The Bertz CT molecular complexity index is 1260. The molecule has 0 fully saturated rings. The number of hydrogen-bond acceptors (Lipinski definition) is 5. The van der Waals surface area contributed by atoms with Crippen molar-refractivity contribution in [1.29, 1.82) is 0 Å². The van der Waals surface area contributed by atoms with Crippen LogP contribution in [0.3, 0.4) is 0 Å². The van der Waals surface area contributed by atoms with Crippen molar-refractivity contribution in [2.45, 2.75) is 39.1 Å². The topological polar surface area (TPSA) is 51.0 Å². The molecule has 2 aromatic carbocycles. The van der Waals surface area contributed by atoms with E-state index in [-0.39, 0.29) is 5.91 Å². The maximum atomic E-state index is 13.3. The Morgan fingerprint density at radius 2 is 1.88 bits per heavy atom. The van der Waals surface area contributed by atoms with Crippen molar-refractivity contribution in [3.8, 4) is 0 Å². The molecule has 0 spiro atoms. The number of rotatable bonds is 7. The van der Waals surface area contributed by atoms with E-state index in [9.17, 15) is 4.79 Å². The van der Waals surface area contributed by atoms with E-state index >= 15 is 0 Å². The number of thiazole rings is 1. The standard InChI is InChI=1S/C24H25ClN4OS2/c1-15-5-7-20(8-6-15)31-14-22(30)28(9-10-29-18(4)12-17(3)27-29)24-26-23-16(2)11-19(25)13-21(23)32-24/h5-8,11-13H,9-10,14H2,1-4H3. The van der Waals surface area contributed by atoms with Crippen molar-refractivity contribution < 1.29 is 4.79 Å². The number of hydrogen-bond donors (Lipinski definition) is 0. The Morgan fingerprint density at radius 1 is 1.12 bits per heavy atom. The van der Waals surface area contributed by atoms with E-state index < -0.39 is 0 Å². The fraction of sp³-hybridized carbons (Fsp3) is 0.292. The van der Waals surface area contributed by atoms with Crippen molar-refractivity contribution in [2.75, 3.05) is 17.2 Å². The number of aromatic nitrogens is 3. The molecule has 32 heavy (non-hydrogen) atoms. The molecule has 2 aromatic heterocycles. The van der Waals surface area contributed by atoms with Gasteiger partial charge in [0.15, 0.2) is 5.13 Å². The molecule has 5 nitrogen and oxygen atoms in total. The van der Waals surface area contributed by atoms with Crippen LogP contribution in [0.1, 0.15) is 22.5 Å². The first kappa shape index (κ1) is 22.8. The number of anilines is 1. The predicted molar refractivity (Wildman–Crippen MR) is 135 cm³/mol. The lowest BCUT2D eigenvalue weighted by molar-refractivity contribution is -0.116. The predicted octanol–water partition coefficient (Wildman–Crippen LogP) is 6.21. The molecule has 0 saturated heterocycles. The lowest BCUT2D eigenvalue weighted by Gasteiger charge is -2.20. The fourth-order valence-corrected chi connectivity index (χ4v) is 5.78. The van der Waals surface area contributed by atoms with Crippen LogP contribution < -0.4 is 4.90 Å². The monoisotopic (exact) mass is 484 g/mol. The zero-order chi connectivity index (χ0) is 22.8. The third-order valence-electron chi connectivity index (χ3n) is 5.19. The van der Waals surface area contributed by atoms with Gasteiger partial charge in [0.05, 0.1) is 28.2 Å². The van der Waals surface area contributed by atoms with Crippen molar-refractivity contribution in [3.63, 3.8) is 0 Å². The van der Waals surface area contributed by atoms with Gasteiger partial charge in [-0.2, -0.15) is 5.10 Å². The van der Waals surface area contributed by atoms with Gasteiger partial charge in [0.2, 0.25) is 5.91 Å². The van der Waals surface area contributed by atoms with E-state index in [2.05, 4.69) is 36.3 Å². The van der Waals surface area contributed by atoms with Gasteiger partial charge in [-0.05, 0) is 63.6 Å². The summed E-state index contributed by atoms with van der Waals surface area (Å²) >= 11 is 9.29. The van der Waals surface area contributed by atoms with Crippen molar-refractivity contribution in [2.24, 2.45) is 0 Å². The third-order valence-corrected chi connectivity index (χ3v) is 7.43. The highest BCUT2D eigenvalue weighted by Gasteiger charge is 2.21.